The summed E-state index contributed by atoms with van der Waals surface area (Å²) in [6.07, 6.45) is 0. The summed E-state index contributed by atoms with van der Waals surface area (Å²) in [6.45, 7) is 7.64. The van der Waals surface area contributed by atoms with Crippen LogP contribution in [0.1, 0.15) is 23.6 Å². The van der Waals surface area contributed by atoms with Gasteiger partial charge < -0.3 is 10.1 Å². The molecule has 0 spiro atoms. The first-order valence-corrected chi connectivity index (χ1v) is 7.21. The third kappa shape index (κ3) is 3.42. The minimum absolute atomic E-state index is 0.185. The summed E-state index contributed by atoms with van der Waals surface area (Å²) in [7, 11) is 1.67. The molecule has 2 aromatic rings. The van der Waals surface area contributed by atoms with Gasteiger partial charge >= 0.3 is 0 Å². The lowest BCUT2D eigenvalue weighted by atomic mass is 9.92. The zero-order valence-electron chi connectivity index (χ0n) is 13.1. The number of halogens is 1. The van der Waals surface area contributed by atoms with Gasteiger partial charge in [-0.3, -0.25) is 0 Å². The third-order valence-corrected chi connectivity index (χ3v) is 3.64. The average molecular weight is 287 g/mol. The van der Waals surface area contributed by atoms with Crippen molar-refractivity contribution in [2.75, 3.05) is 13.7 Å². The molecule has 0 aliphatic carbocycles. The van der Waals surface area contributed by atoms with Crippen LogP contribution in [0.4, 0.5) is 4.39 Å². The van der Waals surface area contributed by atoms with Crippen LogP contribution in [-0.2, 0) is 6.54 Å². The van der Waals surface area contributed by atoms with Crippen molar-refractivity contribution in [1.82, 2.24) is 5.32 Å². The molecule has 0 unspecified atom stereocenters. The molecule has 0 saturated carbocycles. The Morgan fingerprint density at radius 3 is 2.33 bits per heavy atom. The smallest absolute Gasteiger partial charge is 0.123 e. The summed E-state index contributed by atoms with van der Waals surface area (Å²) in [5, 5.41) is 3.35. The van der Waals surface area contributed by atoms with Gasteiger partial charge in [0.2, 0.25) is 0 Å². The predicted octanol–water partition coefficient (Wildman–Crippen LogP) is 4.23. The highest BCUT2D eigenvalue weighted by atomic mass is 19.1. The second-order valence-electron chi connectivity index (χ2n) is 5.22. The molecule has 0 saturated heterocycles. The van der Waals surface area contributed by atoms with Crippen molar-refractivity contribution in [3.05, 3.63) is 52.8 Å². The number of hydrogen-bond donors (Lipinski definition) is 1. The van der Waals surface area contributed by atoms with E-state index in [-0.39, 0.29) is 5.82 Å². The van der Waals surface area contributed by atoms with Gasteiger partial charge in [0.1, 0.15) is 11.6 Å². The van der Waals surface area contributed by atoms with E-state index in [1.165, 1.54) is 0 Å². The average Bonchev–Trinajstić information content (AvgIpc) is 2.44. The minimum atomic E-state index is -0.185. The molecular formula is C18H22FNO. The van der Waals surface area contributed by atoms with Gasteiger partial charge in [0.15, 0.2) is 0 Å². The lowest BCUT2D eigenvalue weighted by Crippen LogP contribution is -2.13. The summed E-state index contributed by atoms with van der Waals surface area (Å²) in [5.41, 5.74) is 5.30. The Hall–Kier alpha value is -1.87. The van der Waals surface area contributed by atoms with E-state index >= 15 is 0 Å². The van der Waals surface area contributed by atoms with Crippen LogP contribution in [0.15, 0.2) is 30.3 Å². The monoisotopic (exact) mass is 287 g/mol. The Morgan fingerprint density at radius 2 is 1.76 bits per heavy atom. The topological polar surface area (TPSA) is 21.3 Å². The first-order chi connectivity index (χ1) is 10.1. The van der Waals surface area contributed by atoms with Gasteiger partial charge in [-0.15, -0.1) is 0 Å². The lowest BCUT2D eigenvalue weighted by Gasteiger charge is -2.16. The zero-order valence-corrected chi connectivity index (χ0v) is 13.1. The van der Waals surface area contributed by atoms with Crippen molar-refractivity contribution in [2.45, 2.75) is 27.3 Å². The van der Waals surface area contributed by atoms with Crippen LogP contribution in [0.2, 0.25) is 0 Å². The van der Waals surface area contributed by atoms with Crippen LogP contribution in [0.3, 0.4) is 0 Å². The maximum absolute atomic E-state index is 13.5. The summed E-state index contributed by atoms with van der Waals surface area (Å²) < 4.78 is 18.8. The number of hydrogen-bond acceptors (Lipinski definition) is 2. The molecule has 0 radical (unpaired) electrons. The number of benzene rings is 2. The lowest BCUT2D eigenvalue weighted by molar-refractivity contribution is 0.414. The van der Waals surface area contributed by atoms with Crippen LogP contribution in [0.5, 0.6) is 5.75 Å². The molecule has 0 aromatic heterocycles. The minimum Gasteiger partial charge on any atom is -0.497 e. The maximum atomic E-state index is 13.5. The molecule has 3 heteroatoms. The van der Waals surface area contributed by atoms with E-state index in [1.807, 2.05) is 26.0 Å². The molecule has 0 amide bonds. The van der Waals surface area contributed by atoms with E-state index in [2.05, 4.69) is 18.3 Å². The molecule has 0 atom stereocenters. The Bertz CT molecular complexity index is 614. The largest absolute Gasteiger partial charge is 0.497 e. The van der Waals surface area contributed by atoms with Crippen LogP contribution >= 0.6 is 0 Å². The first-order valence-electron chi connectivity index (χ1n) is 7.21. The Balaban J connectivity index is 2.57. The van der Waals surface area contributed by atoms with Crippen molar-refractivity contribution in [2.24, 2.45) is 0 Å². The molecular weight excluding hydrogens is 265 g/mol. The molecule has 0 bridgehead atoms. The zero-order chi connectivity index (χ0) is 15.4. The summed E-state index contributed by atoms with van der Waals surface area (Å²) in [6, 6.07) is 9.22. The van der Waals surface area contributed by atoms with Crippen molar-refractivity contribution >= 4 is 0 Å². The molecule has 2 nitrogen and oxygen atoms in total. The fraction of sp³-hybridized carbons (Fsp3) is 0.333. The third-order valence-electron chi connectivity index (χ3n) is 3.64. The maximum Gasteiger partial charge on any atom is 0.123 e. The summed E-state index contributed by atoms with van der Waals surface area (Å²) >= 11 is 0. The van der Waals surface area contributed by atoms with Crippen LogP contribution in [0.25, 0.3) is 11.1 Å². The highest BCUT2D eigenvalue weighted by Crippen LogP contribution is 2.33. The molecule has 0 aliphatic rings. The van der Waals surface area contributed by atoms with Gasteiger partial charge in [-0.05, 0) is 72.5 Å². The van der Waals surface area contributed by atoms with Crippen LogP contribution in [-0.4, -0.2) is 13.7 Å². The van der Waals surface area contributed by atoms with Gasteiger partial charge in [0.05, 0.1) is 7.11 Å². The number of methoxy groups -OCH3 is 1. The number of rotatable bonds is 5. The van der Waals surface area contributed by atoms with Crippen molar-refractivity contribution in [3.63, 3.8) is 0 Å². The fourth-order valence-corrected chi connectivity index (χ4v) is 2.68. The van der Waals surface area contributed by atoms with E-state index in [0.29, 0.717) is 0 Å². The highest BCUT2D eigenvalue weighted by molar-refractivity contribution is 5.74. The van der Waals surface area contributed by atoms with Crippen molar-refractivity contribution in [1.29, 1.82) is 0 Å². The van der Waals surface area contributed by atoms with Crippen molar-refractivity contribution < 1.29 is 9.13 Å². The molecule has 112 valence electrons. The fourth-order valence-electron chi connectivity index (χ4n) is 2.68. The first kappa shape index (κ1) is 15.5. The molecule has 0 aliphatic heterocycles. The van der Waals surface area contributed by atoms with Gasteiger partial charge in [-0.25, -0.2) is 4.39 Å². The SMILES string of the molecule is CCNCc1cc(OC)ccc1-c1c(C)cc(F)cc1C. The van der Waals surface area contributed by atoms with E-state index in [1.54, 1.807) is 19.2 Å². The highest BCUT2D eigenvalue weighted by Gasteiger charge is 2.12. The number of aryl methyl sites for hydroxylation is 2. The Morgan fingerprint density at radius 1 is 1.10 bits per heavy atom. The normalized spacial score (nSPS) is 10.7. The predicted molar refractivity (Wildman–Crippen MR) is 85.2 cm³/mol. The van der Waals surface area contributed by atoms with Gasteiger partial charge in [-0.1, -0.05) is 13.0 Å². The number of nitrogens with one attached hydrogen (secondary N) is 1. The Kier molecular flexibility index (Phi) is 4.97. The standard InChI is InChI=1S/C18H22FNO/c1-5-20-11-14-10-16(21-4)6-7-17(14)18-12(2)8-15(19)9-13(18)3/h6-10,20H,5,11H2,1-4H3. The molecule has 1 N–H and O–H groups in total. The summed E-state index contributed by atoms with van der Waals surface area (Å²) in [4.78, 5) is 0. The van der Waals surface area contributed by atoms with E-state index in [9.17, 15) is 4.39 Å². The molecule has 21 heavy (non-hydrogen) atoms. The Labute approximate surface area is 126 Å². The number of ether oxygens (including phenoxy) is 1. The van der Waals surface area contributed by atoms with E-state index in [0.717, 1.165) is 46.7 Å². The van der Waals surface area contributed by atoms with E-state index < -0.39 is 0 Å². The molecule has 2 aromatic carbocycles. The molecule has 0 fully saturated rings. The van der Waals surface area contributed by atoms with E-state index in [4.69, 9.17) is 4.74 Å². The van der Waals surface area contributed by atoms with Gasteiger partial charge in [0, 0.05) is 6.54 Å². The van der Waals surface area contributed by atoms with Gasteiger partial charge in [-0.2, -0.15) is 0 Å². The summed E-state index contributed by atoms with van der Waals surface area (Å²) in [5.74, 6) is 0.652. The molecule has 0 heterocycles. The quantitative estimate of drug-likeness (QED) is 0.888. The van der Waals surface area contributed by atoms with Gasteiger partial charge in [0.25, 0.3) is 0 Å². The van der Waals surface area contributed by atoms with Crippen molar-refractivity contribution in [3.8, 4) is 16.9 Å². The van der Waals surface area contributed by atoms with Crippen LogP contribution < -0.4 is 10.1 Å². The van der Waals surface area contributed by atoms with Crippen LogP contribution in [0, 0.1) is 19.7 Å². The second-order valence-corrected chi connectivity index (χ2v) is 5.22. The second kappa shape index (κ2) is 6.72. The molecule has 2 rings (SSSR count).